The summed E-state index contributed by atoms with van der Waals surface area (Å²) in [5, 5.41) is 11.2. The minimum absolute atomic E-state index is 0.199. The molecule has 4 aliphatic carbocycles. The summed E-state index contributed by atoms with van der Waals surface area (Å²) in [6, 6.07) is 0. The van der Waals surface area contributed by atoms with E-state index in [9.17, 15) is 9.90 Å². The molecule has 3 saturated carbocycles. The Hall–Kier alpha value is -0.630. The second kappa shape index (κ2) is 5.19. The molecule has 0 aliphatic heterocycles. The maximum absolute atomic E-state index is 12.3. The van der Waals surface area contributed by atoms with E-state index in [1.165, 1.54) is 64.2 Å². The van der Waals surface area contributed by atoms with Crippen LogP contribution in [0.1, 0.15) is 89.9 Å². The maximum atomic E-state index is 12.3. The van der Waals surface area contributed by atoms with E-state index in [1.54, 1.807) is 0 Å². The highest BCUT2D eigenvalue weighted by Gasteiger charge is 2.56. The molecule has 22 heavy (non-hydrogen) atoms. The molecule has 0 aromatic carbocycles. The van der Waals surface area contributed by atoms with Crippen molar-refractivity contribution in [3.8, 4) is 0 Å². The molecule has 2 spiro atoms. The van der Waals surface area contributed by atoms with Crippen LogP contribution in [0, 0.1) is 10.8 Å². The molecule has 0 heterocycles. The van der Waals surface area contributed by atoms with Gasteiger partial charge < -0.3 is 5.11 Å². The number of hydrogen-bond donors (Lipinski definition) is 1. The fourth-order valence-electron chi connectivity index (χ4n) is 6.16. The summed E-state index contributed by atoms with van der Waals surface area (Å²) in [5.41, 5.74) is 1.07. The van der Waals surface area contributed by atoms with Crippen molar-refractivity contribution in [3.05, 3.63) is 11.6 Å². The van der Waals surface area contributed by atoms with Crippen molar-refractivity contribution in [1.82, 2.24) is 0 Å². The number of carbonyl (C=O) groups is 1. The smallest absolute Gasteiger partial charge is 0.156 e. The van der Waals surface area contributed by atoms with Crippen molar-refractivity contribution in [2.75, 3.05) is 0 Å². The highest BCUT2D eigenvalue weighted by atomic mass is 16.3. The number of allylic oxidation sites excluding steroid dienone is 1. The van der Waals surface area contributed by atoms with Crippen LogP contribution < -0.4 is 0 Å². The van der Waals surface area contributed by atoms with Gasteiger partial charge in [-0.05, 0) is 67.4 Å². The van der Waals surface area contributed by atoms with Crippen LogP contribution >= 0.6 is 0 Å². The molecule has 2 nitrogen and oxygen atoms in total. The van der Waals surface area contributed by atoms with Crippen molar-refractivity contribution in [2.45, 2.75) is 95.5 Å². The molecule has 2 heteroatoms. The van der Waals surface area contributed by atoms with Crippen LogP contribution in [0.5, 0.6) is 0 Å². The lowest BCUT2D eigenvalue weighted by atomic mass is 9.49. The number of carbonyl (C=O) groups excluding carboxylic acids is 1. The van der Waals surface area contributed by atoms with Gasteiger partial charge in [0.25, 0.3) is 0 Å². The van der Waals surface area contributed by atoms with Gasteiger partial charge in [-0.25, -0.2) is 0 Å². The third kappa shape index (κ3) is 2.48. The number of ketones is 1. The normalized spacial score (nSPS) is 32.6. The molecule has 0 radical (unpaired) electrons. The number of hydrogen-bond acceptors (Lipinski definition) is 2. The van der Waals surface area contributed by atoms with Crippen LogP contribution in [0.25, 0.3) is 0 Å². The van der Waals surface area contributed by atoms with Crippen LogP contribution in [0.4, 0.5) is 0 Å². The van der Waals surface area contributed by atoms with E-state index >= 15 is 0 Å². The summed E-state index contributed by atoms with van der Waals surface area (Å²) in [6.45, 7) is 0. The highest BCUT2D eigenvalue weighted by Crippen LogP contribution is 2.61. The first-order chi connectivity index (χ1) is 10.5. The van der Waals surface area contributed by atoms with Crippen molar-refractivity contribution >= 4 is 5.78 Å². The van der Waals surface area contributed by atoms with Crippen LogP contribution in [0.3, 0.4) is 0 Å². The van der Waals surface area contributed by atoms with E-state index in [-0.39, 0.29) is 11.2 Å². The highest BCUT2D eigenvalue weighted by molar-refractivity contribution is 5.92. The van der Waals surface area contributed by atoms with E-state index in [0.717, 1.165) is 31.3 Å². The van der Waals surface area contributed by atoms with Gasteiger partial charge >= 0.3 is 0 Å². The maximum Gasteiger partial charge on any atom is 0.156 e. The van der Waals surface area contributed by atoms with Gasteiger partial charge in [-0.15, -0.1) is 0 Å². The third-order valence-electron chi connectivity index (χ3n) is 7.21. The molecule has 4 aliphatic rings. The molecule has 122 valence electrons. The van der Waals surface area contributed by atoms with Crippen molar-refractivity contribution < 1.29 is 9.90 Å². The minimum atomic E-state index is -0.641. The Morgan fingerprint density at radius 1 is 0.773 bits per heavy atom. The number of aliphatic hydroxyl groups is 1. The molecule has 1 N–H and O–H groups in total. The lowest BCUT2D eigenvalue weighted by Crippen LogP contribution is -2.55. The molecule has 0 atom stereocenters. The first-order valence-corrected chi connectivity index (χ1v) is 9.50. The average Bonchev–Trinajstić information content (AvgIpc) is 2.46. The standard InChI is InChI=1S/C20H30O2/c21-17-11-16(12-18(13-17)7-3-1-4-8-18)20(22)14-19(15-20)9-5-2-6-10-19/h11,22H,1-10,12-15H2. The topological polar surface area (TPSA) is 37.3 Å². The largest absolute Gasteiger partial charge is 0.385 e. The van der Waals surface area contributed by atoms with Gasteiger partial charge in [0.05, 0.1) is 5.60 Å². The lowest BCUT2D eigenvalue weighted by Gasteiger charge is -2.58. The molecule has 4 rings (SSSR count). The molecule has 0 aromatic rings. The molecule has 0 saturated heterocycles. The van der Waals surface area contributed by atoms with E-state index in [0.29, 0.717) is 5.41 Å². The minimum Gasteiger partial charge on any atom is -0.385 e. The second-order valence-electron chi connectivity index (χ2n) is 9.00. The molecule has 0 aromatic heterocycles. The Balaban J connectivity index is 1.51. The Morgan fingerprint density at radius 3 is 1.91 bits per heavy atom. The molecule has 0 amide bonds. The third-order valence-corrected chi connectivity index (χ3v) is 7.21. The lowest BCUT2D eigenvalue weighted by molar-refractivity contribution is -0.129. The molecular weight excluding hydrogens is 272 g/mol. The van der Waals surface area contributed by atoms with Crippen LogP contribution in [0.15, 0.2) is 11.6 Å². The summed E-state index contributed by atoms with van der Waals surface area (Å²) < 4.78 is 0. The molecule has 3 fully saturated rings. The first kappa shape index (κ1) is 14.9. The molecular formula is C20H30O2. The Kier molecular flexibility index (Phi) is 3.52. The summed E-state index contributed by atoms with van der Waals surface area (Å²) in [5.74, 6) is 0.279. The SMILES string of the molecule is O=C1C=C(C2(O)CC3(CCCCC3)C2)CC2(CCCCC2)C1. The van der Waals surface area contributed by atoms with Gasteiger partial charge in [0.15, 0.2) is 5.78 Å². The fraction of sp³-hybridized carbons (Fsp3) is 0.850. The van der Waals surface area contributed by atoms with Crippen LogP contribution in [-0.4, -0.2) is 16.5 Å². The van der Waals surface area contributed by atoms with E-state index in [2.05, 4.69) is 0 Å². The van der Waals surface area contributed by atoms with Gasteiger partial charge in [-0.2, -0.15) is 0 Å². The van der Waals surface area contributed by atoms with Crippen molar-refractivity contribution in [2.24, 2.45) is 10.8 Å². The predicted molar refractivity (Wildman–Crippen MR) is 87.5 cm³/mol. The second-order valence-corrected chi connectivity index (χ2v) is 9.00. The van der Waals surface area contributed by atoms with Crippen LogP contribution in [-0.2, 0) is 4.79 Å². The average molecular weight is 302 g/mol. The van der Waals surface area contributed by atoms with Crippen molar-refractivity contribution in [1.29, 1.82) is 0 Å². The van der Waals surface area contributed by atoms with Crippen LogP contribution in [0.2, 0.25) is 0 Å². The summed E-state index contributed by atoms with van der Waals surface area (Å²) in [4.78, 5) is 12.3. The van der Waals surface area contributed by atoms with E-state index in [1.807, 2.05) is 6.08 Å². The summed E-state index contributed by atoms with van der Waals surface area (Å²) in [7, 11) is 0. The quantitative estimate of drug-likeness (QED) is 0.762. The Labute approximate surface area is 134 Å². The predicted octanol–water partition coefficient (Wildman–Crippen LogP) is 4.70. The van der Waals surface area contributed by atoms with Crippen molar-refractivity contribution in [3.63, 3.8) is 0 Å². The Morgan fingerprint density at radius 2 is 1.32 bits per heavy atom. The van der Waals surface area contributed by atoms with Gasteiger partial charge in [0.2, 0.25) is 0 Å². The zero-order valence-electron chi connectivity index (χ0n) is 13.8. The zero-order chi connectivity index (χ0) is 15.3. The summed E-state index contributed by atoms with van der Waals surface area (Å²) in [6.07, 6.45) is 18.3. The number of rotatable bonds is 1. The summed E-state index contributed by atoms with van der Waals surface area (Å²) >= 11 is 0. The van der Waals surface area contributed by atoms with E-state index in [4.69, 9.17) is 0 Å². The van der Waals surface area contributed by atoms with Gasteiger partial charge in [0, 0.05) is 6.42 Å². The zero-order valence-corrected chi connectivity index (χ0v) is 13.8. The monoisotopic (exact) mass is 302 g/mol. The molecule has 0 bridgehead atoms. The van der Waals surface area contributed by atoms with Gasteiger partial charge in [-0.3, -0.25) is 4.79 Å². The Bertz CT molecular complexity index is 482. The van der Waals surface area contributed by atoms with Gasteiger partial charge in [-0.1, -0.05) is 38.5 Å². The fourth-order valence-corrected chi connectivity index (χ4v) is 6.16. The van der Waals surface area contributed by atoms with E-state index < -0.39 is 5.60 Å². The molecule has 0 unspecified atom stereocenters. The van der Waals surface area contributed by atoms with Gasteiger partial charge in [0.1, 0.15) is 0 Å². The first-order valence-electron chi connectivity index (χ1n) is 9.50.